The molecule has 14 heavy (non-hydrogen) atoms. The molecule has 3 nitrogen and oxygen atoms in total. The molecule has 0 saturated carbocycles. The molecular weight excluding hydrogens is 253 g/mol. The number of hydrogen-bond donors (Lipinski definition) is 1. The second-order valence-corrected chi connectivity index (χ2v) is 3.44. The third-order valence-corrected chi connectivity index (χ3v) is 2.56. The minimum Gasteiger partial charge on any atom is -0.492 e. The molecule has 0 fully saturated rings. The average molecular weight is 264 g/mol. The van der Waals surface area contributed by atoms with Gasteiger partial charge in [0.25, 0.3) is 0 Å². The van der Waals surface area contributed by atoms with Crippen LogP contribution in [-0.2, 0) is 6.54 Å². The highest BCUT2D eigenvalue weighted by Crippen LogP contribution is 2.38. The van der Waals surface area contributed by atoms with E-state index in [1.165, 1.54) is 20.3 Å². The second kappa shape index (κ2) is 4.61. The molecule has 0 aromatic heterocycles. The fourth-order valence-electron chi connectivity index (χ4n) is 1.21. The molecule has 0 radical (unpaired) electrons. The molecule has 78 valence electrons. The summed E-state index contributed by atoms with van der Waals surface area (Å²) in [6, 6.07) is 1.31. The summed E-state index contributed by atoms with van der Waals surface area (Å²) in [7, 11) is 2.83. The molecule has 0 heterocycles. The maximum Gasteiger partial charge on any atom is 0.197 e. The second-order valence-electron chi connectivity index (χ2n) is 2.59. The first-order chi connectivity index (χ1) is 6.65. The number of rotatable bonds is 3. The first kappa shape index (κ1) is 11.3. The molecule has 0 aliphatic carbocycles. The van der Waals surface area contributed by atoms with E-state index in [0.29, 0.717) is 15.8 Å². The van der Waals surface area contributed by atoms with Crippen LogP contribution in [0.5, 0.6) is 11.5 Å². The van der Waals surface area contributed by atoms with E-state index in [1.807, 2.05) is 0 Å². The standard InChI is InChI=1S/C9H11BrFNO2/c1-13-8-5(4-12)6(10)3-7(11)9(8)14-2/h3H,4,12H2,1-2H3. The number of methoxy groups -OCH3 is 2. The molecule has 0 unspecified atom stereocenters. The van der Waals surface area contributed by atoms with Crippen molar-refractivity contribution in [1.29, 1.82) is 0 Å². The number of benzene rings is 1. The summed E-state index contributed by atoms with van der Waals surface area (Å²) in [6.45, 7) is 0.250. The van der Waals surface area contributed by atoms with Gasteiger partial charge in [0.15, 0.2) is 17.3 Å². The number of halogens is 2. The van der Waals surface area contributed by atoms with Gasteiger partial charge in [-0.15, -0.1) is 0 Å². The Hall–Kier alpha value is -0.810. The third kappa shape index (κ3) is 1.83. The highest BCUT2D eigenvalue weighted by atomic mass is 79.9. The van der Waals surface area contributed by atoms with Crippen molar-refractivity contribution in [2.45, 2.75) is 6.54 Å². The van der Waals surface area contributed by atoms with E-state index >= 15 is 0 Å². The van der Waals surface area contributed by atoms with Gasteiger partial charge in [0, 0.05) is 16.6 Å². The molecule has 0 saturated heterocycles. The normalized spacial score (nSPS) is 10.1. The zero-order valence-electron chi connectivity index (χ0n) is 7.93. The van der Waals surface area contributed by atoms with Gasteiger partial charge in [0.2, 0.25) is 0 Å². The Morgan fingerprint density at radius 3 is 2.36 bits per heavy atom. The molecule has 0 aliphatic heterocycles. The van der Waals surface area contributed by atoms with Crippen LogP contribution in [0.4, 0.5) is 4.39 Å². The summed E-state index contributed by atoms with van der Waals surface area (Å²) in [4.78, 5) is 0. The first-order valence-corrected chi connectivity index (χ1v) is 4.73. The van der Waals surface area contributed by atoms with Crippen LogP contribution in [0.25, 0.3) is 0 Å². The lowest BCUT2D eigenvalue weighted by Gasteiger charge is -2.13. The minimum absolute atomic E-state index is 0.0798. The predicted molar refractivity (Wildman–Crippen MR) is 55.1 cm³/mol. The van der Waals surface area contributed by atoms with Crippen LogP contribution >= 0.6 is 15.9 Å². The van der Waals surface area contributed by atoms with Gasteiger partial charge in [0.05, 0.1) is 14.2 Å². The fourth-order valence-corrected chi connectivity index (χ4v) is 1.76. The quantitative estimate of drug-likeness (QED) is 0.908. The van der Waals surface area contributed by atoms with Crippen molar-refractivity contribution >= 4 is 15.9 Å². The van der Waals surface area contributed by atoms with Crippen molar-refractivity contribution in [2.75, 3.05) is 14.2 Å². The Kier molecular flexibility index (Phi) is 3.71. The summed E-state index contributed by atoms with van der Waals surface area (Å²) in [5.41, 5.74) is 6.20. The van der Waals surface area contributed by atoms with E-state index in [9.17, 15) is 4.39 Å². The molecule has 0 bridgehead atoms. The van der Waals surface area contributed by atoms with Gasteiger partial charge in [-0.1, -0.05) is 15.9 Å². The maximum absolute atomic E-state index is 13.3. The van der Waals surface area contributed by atoms with Gasteiger partial charge in [0.1, 0.15) is 0 Å². The summed E-state index contributed by atoms with van der Waals surface area (Å²) < 4.78 is 23.9. The Balaban J connectivity index is 3.43. The molecule has 1 aromatic carbocycles. The highest BCUT2D eigenvalue weighted by molar-refractivity contribution is 9.10. The fraction of sp³-hybridized carbons (Fsp3) is 0.333. The summed E-state index contributed by atoms with van der Waals surface area (Å²) in [5, 5.41) is 0. The Morgan fingerprint density at radius 2 is 1.93 bits per heavy atom. The van der Waals surface area contributed by atoms with E-state index < -0.39 is 5.82 Å². The van der Waals surface area contributed by atoms with Gasteiger partial charge < -0.3 is 15.2 Å². The first-order valence-electron chi connectivity index (χ1n) is 3.94. The number of hydrogen-bond acceptors (Lipinski definition) is 3. The zero-order valence-corrected chi connectivity index (χ0v) is 9.52. The van der Waals surface area contributed by atoms with Gasteiger partial charge in [-0.2, -0.15) is 0 Å². The van der Waals surface area contributed by atoms with E-state index in [-0.39, 0.29) is 12.3 Å². The predicted octanol–water partition coefficient (Wildman–Crippen LogP) is 2.06. The summed E-state index contributed by atoms with van der Waals surface area (Å²) in [6.07, 6.45) is 0. The highest BCUT2D eigenvalue weighted by Gasteiger charge is 2.17. The third-order valence-electron chi connectivity index (χ3n) is 1.85. The lowest BCUT2D eigenvalue weighted by molar-refractivity contribution is 0.334. The monoisotopic (exact) mass is 263 g/mol. The van der Waals surface area contributed by atoms with E-state index in [0.717, 1.165) is 0 Å². The molecule has 2 N–H and O–H groups in total. The molecule has 0 aliphatic rings. The molecular formula is C9H11BrFNO2. The smallest absolute Gasteiger partial charge is 0.197 e. The lowest BCUT2D eigenvalue weighted by atomic mass is 10.2. The Bertz CT molecular complexity index is 316. The SMILES string of the molecule is COc1c(F)cc(Br)c(CN)c1OC. The van der Waals surface area contributed by atoms with Crippen molar-refractivity contribution in [2.24, 2.45) is 5.73 Å². The molecule has 1 aromatic rings. The van der Waals surface area contributed by atoms with E-state index in [2.05, 4.69) is 15.9 Å². The van der Waals surface area contributed by atoms with E-state index in [4.69, 9.17) is 15.2 Å². The average Bonchev–Trinajstić information content (AvgIpc) is 2.16. The lowest BCUT2D eigenvalue weighted by Crippen LogP contribution is -2.04. The Morgan fingerprint density at radius 1 is 1.36 bits per heavy atom. The molecule has 0 spiro atoms. The van der Waals surface area contributed by atoms with Crippen molar-refractivity contribution in [1.82, 2.24) is 0 Å². The van der Waals surface area contributed by atoms with Gasteiger partial charge in [-0.3, -0.25) is 0 Å². The molecule has 5 heteroatoms. The number of ether oxygens (including phenoxy) is 2. The summed E-state index contributed by atoms with van der Waals surface area (Å²) in [5.74, 6) is -0.0635. The van der Waals surface area contributed by atoms with Crippen LogP contribution < -0.4 is 15.2 Å². The van der Waals surface area contributed by atoms with Gasteiger partial charge in [-0.25, -0.2) is 4.39 Å². The summed E-state index contributed by atoms with van der Waals surface area (Å²) >= 11 is 3.21. The van der Waals surface area contributed by atoms with Crippen LogP contribution in [0, 0.1) is 5.82 Å². The largest absolute Gasteiger partial charge is 0.492 e. The van der Waals surface area contributed by atoms with Crippen LogP contribution in [0.3, 0.4) is 0 Å². The van der Waals surface area contributed by atoms with Gasteiger partial charge >= 0.3 is 0 Å². The van der Waals surface area contributed by atoms with Crippen LogP contribution in [0.1, 0.15) is 5.56 Å². The Labute approximate surface area is 90.1 Å². The van der Waals surface area contributed by atoms with Gasteiger partial charge in [-0.05, 0) is 6.07 Å². The topological polar surface area (TPSA) is 44.5 Å². The molecule has 0 amide bonds. The molecule has 1 rings (SSSR count). The van der Waals surface area contributed by atoms with Crippen LogP contribution in [-0.4, -0.2) is 14.2 Å². The van der Waals surface area contributed by atoms with Crippen molar-refractivity contribution in [3.8, 4) is 11.5 Å². The van der Waals surface area contributed by atoms with Crippen LogP contribution in [0.2, 0.25) is 0 Å². The van der Waals surface area contributed by atoms with Crippen molar-refractivity contribution < 1.29 is 13.9 Å². The zero-order chi connectivity index (χ0) is 10.7. The minimum atomic E-state index is -0.478. The van der Waals surface area contributed by atoms with Crippen molar-refractivity contribution in [3.05, 3.63) is 21.9 Å². The number of nitrogens with two attached hydrogens (primary N) is 1. The van der Waals surface area contributed by atoms with E-state index in [1.54, 1.807) is 0 Å². The van der Waals surface area contributed by atoms with Crippen LogP contribution in [0.15, 0.2) is 10.5 Å². The maximum atomic E-state index is 13.3. The molecule has 0 atom stereocenters. The van der Waals surface area contributed by atoms with Crippen molar-refractivity contribution in [3.63, 3.8) is 0 Å².